The summed E-state index contributed by atoms with van der Waals surface area (Å²) >= 11 is 0. The molecule has 0 aliphatic carbocycles. The van der Waals surface area contributed by atoms with Gasteiger partial charge in [0.2, 0.25) is 5.91 Å². The number of aromatic nitrogens is 1. The molecule has 386 valence electrons. The molecular formula is C51H70F2N10O8. The number of aliphatic hydroxyl groups excluding tert-OH is 1. The van der Waals surface area contributed by atoms with Gasteiger partial charge in [0.05, 0.1) is 51.3 Å². The van der Waals surface area contributed by atoms with Crippen molar-refractivity contribution < 1.29 is 47.3 Å². The summed E-state index contributed by atoms with van der Waals surface area (Å²) in [6.45, 7) is 12.6. The number of hydrogen-bond donors (Lipinski definition) is 7. The van der Waals surface area contributed by atoms with Crippen molar-refractivity contribution in [2.24, 2.45) is 10.8 Å². The number of pyridine rings is 1. The van der Waals surface area contributed by atoms with Crippen molar-refractivity contribution in [1.29, 1.82) is 5.41 Å². The number of aliphatic hydroxyl groups is 1. The van der Waals surface area contributed by atoms with Gasteiger partial charge in [-0.05, 0) is 77.8 Å². The maximum atomic E-state index is 15.9. The Balaban J connectivity index is 1.27. The molecule has 3 aliphatic heterocycles. The van der Waals surface area contributed by atoms with E-state index in [1.165, 1.54) is 32.2 Å². The van der Waals surface area contributed by atoms with Crippen LogP contribution in [0, 0.1) is 27.9 Å². The highest BCUT2D eigenvalue weighted by Gasteiger charge is 2.45. The van der Waals surface area contributed by atoms with Crippen molar-refractivity contribution in [3.63, 3.8) is 0 Å². The molecule has 2 aromatic carbocycles. The monoisotopic (exact) mass is 989 g/mol. The number of nitrogens with zero attached hydrogens (tertiary/aromatic N) is 4. The summed E-state index contributed by atoms with van der Waals surface area (Å²) in [6, 6.07) is 11.6. The third-order valence-corrected chi connectivity index (χ3v) is 13.2. The fourth-order valence-electron chi connectivity index (χ4n) is 9.29. The molecule has 6 atom stereocenters. The number of nitrogens with one attached hydrogen (secondary N) is 6. The number of methoxy groups -OCH3 is 2. The lowest BCUT2D eigenvalue weighted by Crippen LogP contribution is -2.62. The third kappa shape index (κ3) is 13.8. The van der Waals surface area contributed by atoms with Gasteiger partial charge in [-0.3, -0.25) is 19.9 Å². The molecule has 3 unspecified atom stereocenters. The first-order valence-corrected chi connectivity index (χ1v) is 23.9. The molecule has 0 spiro atoms. The van der Waals surface area contributed by atoms with Crippen molar-refractivity contribution in [3.8, 4) is 11.1 Å². The number of benzene rings is 2. The van der Waals surface area contributed by atoms with Crippen molar-refractivity contribution in [2.45, 2.75) is 110 Å². The van der Waals surface area contributed by atoms with E-state index < -0.39 is 89.3 Å². The smallest absolute Gasteiger partial charge is 0.407 e. The van der Waals surface area contributed by atoms with Crippen LogP contribution in [0.5, 0.6) is 0 Å². The highest BCUT2D eigenvalue weighted by atomic mass is 19.1. The van der Waals surface area contributed by atoms with Gasteiger partial charge in [0, 0.05) is 68.2 Å². The molecule has 4 heterocycles. The van der Waals surface area contributed by atoms with E-state index in [1.54, 1.807) is 48.6 Å². The van der Waals surface area contributed by atoms with E-state index in [0.29, 0.717) is 23.7 Å². The van der Waals surface area contributed by atoms with Gasteiger partial charge in [-0.2, -0.15) is 0 Å². The van der Waals surface area contributed by atoms with Crippen molar-refractivity contribution in [3.05, 3.63) is 95.3 Å². The average molecular weight is 989 g/mol. The summed E-state index contributed by atoms with van der Waals surface area (Å²) < 4.78 is 46.9. The van der Waals surface area contributed by atoms with Crippen LogP contribution in [0.15, 0.2) is 67.0 Å². The Morgan fingerprint density at radius 1 is 0.859 bits per heavy atom. The third-order valence-electron chi connectivity index (χ3n) is 13.2. The standard InChI is InChI=1S/C51H70F2N10O8/c1-50(2,3)44(58-48(67)69-8)46(65)57-41(20-30-10-12-31(13-11-30)32-14-17-43(56-23-32)61-24-34-15-16-35(25-61)63(34)36-28-71-29-36)42(64)27-62(60-47(66)45(51(4,5)6)59-49(68)70-9)26-37-38(52)21-33(22-39(37)53)40(54)18-19-55-7/h10-14,17-19,21-23,34-36,41-42,44-45,54-55,64H,15-16,20,24-29H2,1-9H3,(H,57,65)(H,58,67)(H,59,68)(H,60,66)/b19-18-,54-40?/t34?,35?,41-,42-,44?,45+/m0/s1. The Labute approximate surface area is 414 Å². The number of carbonyl (C=O) groups excluding carboxylic acids is 4. The SMILES string of the molecule is CN/C=C\C(=N)c1cc(F)c(CN(C[C@H](O)[C@H](Cc2ccc(-c3ccc(N4CC5CCC(C4)N5C4COC4)nc3)cc2)NC(=O)C(NC(=O)OC)C(C)(C)C)NC(=O)[C@@H](NC(=O)OC)C(C)(C)C)c(F)c1. The molecule has 4 amide bonds. The first kappa shape index (κ1) is 54.1. The highest BCUT2D eigenvalue weighted by molar-refractivity contribution is 6.06. The van der Waals surface area contributed by atoms with E-state index in [1.807, 2.05) is 42.6 Å². The van der Waals surface area contributed by atoms with Crippen LogP contribution in [0.3, 0.4) is 0 Å². The van der Waals surface area contributed by atoms with Crippen molar-refractivity contribution in [2.75, 3.05) is 59.0 Å². The molecule has 3 saturated heterocycles. The molecule has 71 heavy (non-hydrogen) atoms. The van der Waals surface area contributed by atoms with Gasteiger partial charge in [0.25, 0.3) is 5.91 Å². The number of amides is 4. The number of ether oxygens (including phenoxy) is 3. The van der Waals surface area contributed by atoms with Gasteiger partial charge < -0.3 is 50.9 Å². The van der Waals surface area contributed by atoms with Gasteiger partial charge in [-0.15, -0.1) is 0 Å². The maximum Gasteiger partial charge on any atom is 0.407 e. The first-order valence-electron chi connectivity index (χ1n) is 23.9. The minimum absolute atomic E-state index is 0.0245. The molecule has 6 rings (SSSR count). The number of piperazine rings is 1. The fourth-order valence-corrected chi connectivity index (χ4v) is 9.29. The number of fused-ring (bicyclic) bond motifs is 2. The number of alkyl carbamates (subject to hydrolysis) is 2. The summed E-state index contributed by atoms with van der Waals surface area (Å²) in [7, 11) is 3.92. The zero-order chi connectivity index (χ0) is 51.8. The largest absolute Gasteiger partial charge is 0.453 e. The zero-order valence-corrected chi connectivity index (χ0v) is 42.1. The van der Waals surface area contributed by atoms with Crippen LogP contribution < -0.4 is 31.6 Å². The molecule has 3 aliphatic rings. The Bertz CT molecular complexity index is 2350. The van der Waals surface area contributed by atoms with E-state index in [2.05, 4.69) is 36.5 Å². The molecule has 1 aromatic heterocycles. The van der Waals surface area contributed by atoms with Gasteiger partial charge in [-0.1, -0.05) is 65.8 Å². The van der Waals surface area contributed by atoms with Crippen LogP contribution in [0.1, 0.15) is 71.1 Å². The van der Waals surface area contributed by atoms with Crippen molar-refractivity contribution in [1.82, 2.24) is 41.6 Å². The van der Waals surface area contributed by atoms with Gasteiger partial charge >= 0.3 is 12.2 Å². The zero-order valence-electron chi connectivity index (χ0n) is 42.1. The number of hydrazine groups is 1. The summed E-state index contributed by atoms with van der Waals surface area (Å²) in [4.78, 5) is 63.0. The van der Waals surface area contributed by atoms with Gasteiger partial charge in [-0.25, -0.2) is 28.4 Å². The number of halogens is 2. The van der Waals surface area contributed by atoms with Gasteiger partial charge in [0.15, 0.2) is 0 Å². The van der Waals surface area contributed by atoms with E-state index in [-0.39, 0.29) is 17.7 Å². The topological polar surface area (TPSA) is 223 Å². The first-order chi connectivity index (χ1) is 33.6. The molecule has 0 saturated carbocycles. The van der Waals surface area contributed by atoms with Crippen LogP contribution in [-0.4, -0.2) is 146 Å². The van der Waals surface area contributed by atoms with E-state index >= 15 is 8.78 Å². The summed E-state index contributed by atoms with van der Waals surface area (Å²) in [5.74, 6) is -2.59. The molecule has 3 aromatic rings. The summed E-state index contributed by atoms with van der Waals surface area (Å²) in [5, 5.41) is 32.3. The van der Waals surface area contributed by atoms with Crippen LogP contribution >= 0.6 is 0 Å². The lowest BCUT2D eigenvalue weighted by Gasteiger charge is -2.48. The molecule has 7 N–H and O–H groups in total. The Hall–Kier alpha value is -6.22. The number of allylic oxidation sites excluding steroid dienone is 1. The molecule has 0 radical (unpaired) electrons. The summed E-state index contributed by atoms with van der Waals surface area (Å²) in [6.07, 6.45) is 3.68. The normalized spacial score (nSPS) is 19.0. The molecule has 20 heteroatoms. The Morgan fingerprint density at radius 3 is 1.92 bits per heavy atom. The Kier molecular flexibility index (Phi) is 17.8. The molecule has 2 bridgehead atoms. The van der Waals surface area contributed by atoms with Crippen LogP contribution in [0.25, 0.3) is 11.1 Å². The lowest BCUT2D eigenvalue weighted by atomic mass is 9.85. The minimum atomic E-state index is -1.56. The maximum absolute atomic E-state index is 15.9. The molecule has 3 fully saturated rings. The van der Waals surface area contributed by atoms with Crippen molar-refractivity contribution >= 4 is 35.5 Å². The predicted molar refractivity (Wildman–Crippen MR) is 264 cm³/mol. The number of hydrogen-bond acceptors (Lipinski definition) is 14. The average Bonchev–Trinajstić information content (AvgIpc) is 3.53. The molecular weight excluding hydrogens is 919 g/mol. The fraction of sp³-hybridized carbons (Fsp3) is 0.529. The van der Waals surface area contributed by atoms with Crippen LogP contribution in [0.4, 0.5) is 24.2 Å². The lowest BCUT2D eigenvalue weighted by molar-refractivity contribution is -0.132. The quantitative estimate of drug-likeness (QED) is 0.0644. The molecule has 18 nitrogen and oxygen atoms in total. The van der Waals surface area contributed by atoms with Gasteiger partial charge in [0.1, 0.15) is 29.5 Å². The van der Waals surface area contributed by atoms with E-state index in [0.717, 1.165) is 67.5 Å². The summed E-state index contributed by atoms with van der Waals surface area (Å²) in [5.41, 5.74) is 2.64. The highest BCUT2D eigenvalue weighted by Crippen LogP contribution is 2.36. The van der Waals surface area contributed by atoms with E-state index in [9.17, 15) is 24.3 Å². The van der Waals surface area contributed by atoms with Crippen LogP contribution in [-0.2, 0) is 36.8 Å². The van der Waals surface area contributed by atoms with Crippen LogP contribution in [0.2, 0.25) is 0 Å². The second kappa shape index (κ2) is 23.3. The number of carbonyl (C=O) groups is 4. The second-order valence-corrected chi connectivity index (χ2v) is 20.6. The predicted octanol–water partition coefficient (Wildman–Crippen LogP) is 4.64. The number of anilines is 1. The Morgan fingerprint density at radius 2 is 1.42 bits per heavy atom. The number of rotatable bonds is 19. The van der Waals surface area contributed by atoms with E-state index in [4.69, 9.17) is 24.6 Å². The minimum Gasteiger partial charge on any atom is -0.453 e. The second-order valence-electron chi connectivity index (χ2n) is 20.6.